The predicted octanol–water partition coefficient (Wildman–Crippen LogP) is 8.19. The highest BCUT2D eigenvalue weighted by atomic mass is 19.3. The number of ether oxygens (including phenoxy) is 1. The molecule has 1 saturated carbocycles. The molecule has 0 spiro atoms. The molecule has 1 nitrogen and oxygen atoms in total. The number of alkyl halides is 2. The summed E-state index contributed by atoms with van der Waals surface area (Å²) in [7, 11) is 0. The maximum Gasteiger partial charge on any atom is 0.387 e. The molecule has 2 aromatic carbocycles. The van der Waals surface area contributed by atoms with Gasteiger partial charge in [-0.1, -0.05) is 48.6 Å². The molecule has 0 atom stereocenters. The Balaban J connectivity index is 1.77. The topological polar surface area (TPSA) is 9.23 Å². The smallest absolute Gasteiger partial charge is 0.387 e. The Hall–Kier alpha value is -2.16. The molecule has 0 radical (unpaired) electrons. The third-order valence-electron chi connectivity index (χ3n) is 6.20. The number of halogens is 2. The molecule has 0 aliphatic heterocycles. The summed E-state index contributed by atoms with van der Waals surface area (Å²) in [4.78, 5) is 0. The number of rotatable bonds is 9. The first-order valence-corrected chi connectivity index (χ1v) is 10.8. The molecular formula is C26H32F2O. The van der Waals surface area contributed by atoms with E-state index in [4.69, 9.17) is 4.74 Å². The molecule has 1 fully saturated rings. The Morgan fingerprint density at radius 3 is 2.59 bits per heavy atom. The Bertz CT molecular complexity index is 832. The second-order valence-electron chi connectivity index (χ2n) is 8.10. The van der Waals surface area contributed by atoms with Crippen molar-refractivity contribution in [3.8, 4) is 5.75 Å². The second-order valence-corrected chi connectivity index (χ2v) is 8.10. The summed E-state index contributed by atoms with van der Waals surface area (Å²) in [5.74, 6) is 1.72. The van der Waals surface area contributed by atoms with Gasteiger partial charge in [0.1, 0.15) is 5.75 Å². The number of fused-ring (bicyclic) bond motifs is 1. The van der Waals surface area contributed by atoms with Gasteiger partial charge in [-0.2, -0.15) is 8.78 Å². The van der Waals surface area contributed by atoms with Gasteiger partial charge in [0.25, 0.3) is 0 Å². The minimum atomic E-state index is -2.82. The lowest BCUT2D eigenvalue weighted by Gasteiger charge is -2.29. The SMILES string of the molecule is C=CCCc1ccc2cc(C3CCC(CC/C=C/C)CC3)ccc2c1OC(F)F. The summed E-state index contributed by atoms with van der Waals surface area (Å²) in [6.07, 6.45) is 15.0. The number of aryl methyl sites for hydroxylation is 1. The van der Waals surface area contributed by atoms with Gasteiger partial charge in [-0.3, -0.25) is 0 Å². The van der Waals surface area contributed by atoms with Crippen LogP contribution in [0.25, 0.3) is 10.8 Å². The zero-order valence-corrected chi connectivity index (χ0v) is 17.4. The van der Waals surface area contributed by atoms with Crippen molar-refractivity contribution < 1.29 is 13.5 Å². The van der Waals surface area contributed by atoms with Gasteiger partial charge in [0.15, 0.2) is 0 Å². The molecular weight excluding hydrogens is 366 g/mol. The highest BCUT2D eigenvalue weighted by Gasteiger charge is 2.22. The zero-order chi connectivity index (χ0) is 20.6. The van der Waals surface area contributed by atoms with Gasteiger partial charge in [0.05, 0.1) is 0 Å². The van der Waals surface area contributed by atoms with E-state index in [9.17, 15) is 8.78 Å². The average Bonchev–Trinajstić information content (AvgIpc) is 2.73. The Kier molecular flexibility index (Phi) is 7.85. The fourth-order valence-corrected chi connectivity index (χ4v) is 4.58. The molecule has 156 valence electrons. The number of hydrogen-bond acceptors (Lipinski definition) is 1. The molecule has 1 aliphatic carbocycles. The summed E-state index contributed by atoms with van der Waals surface area (Å²) in [5.41, 5.74) is 2.14. The number of hydrogen-bond donors (Lipinski definition) is 0. The number of benzene rings is 2. The van der Waals surface area contributed by atoms with Crippen LogP contribution in [0.1, 0.15) is 68.9 Å². The molecule has 3 rings (SSSR count). The molecule has 1 aliphatic rings. The summed E-state index contributed by atoms with van der Waals surface area (Å²) in [6.45, 7) is 2.99. The largest absolute Gasteiger partial charge is 0.434 e. The standard InChI is InChI=1S/C26H32F2O/c1-3-5-7-8-19-10-12-20(13-11-19)22-16-17-24-23(18-22)15-14-21(9-6-4-2)25(24)29-26(27)28/h3-5,14-20,26H,2,6-13H2,1H3/b5-3+. The van der Waals surface area contributed by atoms with Crippen LogP contribution in [-0.2, 0) is 6.42 Å². The molecule has 3 heteroatoms. The first-order chi connectivity index (χ1) is 14.1. The summed E-state index contributed by atoms with van der Waals surface area (Å²) < 4.78 is 31.0. The van der Waals surface area contributed by atoms with Crippen molar-refractivity contribution in [3.63, 3.8) is 0 Å². The molecule has 0 heterocycles. The molecule has 0 amide bonds. The molecule has 0 bridgehead atoms. The average molecular weight is 399 g/mol. The third kappa shape index (κ3) is 5.68. The van der Waals surface area contributed by atoms with Crippen molar-refractivity contribution >= 4 is 10.8 Å². The van der Waals surface area contributed by atoms with E-state index in [1.165, 1.54) is 44.1 Å². The fourth-order valence-electron chi connectivity index (χ4n) is 4.58. The minimum absolute atomic E-state index is 0.318. The molecule has 29 heavy (non-hydrogen) atoms. The minimum Gasteiger partial charge on any atom is -0.434 e. The monoisotopic (exact) mass is 398 g/mol. The van der Waals surface area contributed by atoms with Crippen LogP contribution in [0, 0.1) is 5.92 Å². The van der Waals surface area contributed by atoms with E-state index in [1.54, 1.807) is 6.08 Å². The normalized spacial score (nSPS) is 19.9. The van der Waals surface area contributed by atoms with Crippen LogP contribution in [0.3, 0.4) is 0 Å². The predicted molar refractivity (Wildman–Crippen MR) is 118 cm³/mol. The van der Waals surface area contributed by atoms with Crippen LogP contribution in [0.2, 0.25) is 0 Å². The summed E-state index contributed by atoms with van der Waals surface area (Å²) in [5, 5.41) is 1.76. The highest BCUT2D eigenvalue weighted by molar-refractivity contribution is 5.90. The lowest BCUT2D eigenvalue weighted by Crippen LogP contribution is -2.13. The van der Waals surface area contributed by atoms with Crippen LogP contribution in [0.5, 0.6) is 5.75 Å². The molecule has 0 aromatic heterocycles. The summed E-state index contributed by atoms with van der Waals surface area (Å²) in [6, 6.07) is 10.2. The van der Waals surface area contributed by atoms with Crippen molar-refractivity contribution in [2.75, 3.05) is 0 Å². The lowest BCUT2D eigenvalue weighted by atomic mass is 9.77. The van der Waals surface area contributed by atoms with Gasteiger partial charge in [0, 0.05) is 5.39 Å². The fraction of sp³-hybridized carbons (Fsp3) is 0.462. The van der Waals surface area contributed by atoms with E-state index < -0.39 is 6.61 Å². The molecule has 0 saturated heterocycles. The van der Waals surface area contributed by atoms with Gasteiger partial charge in [-0.15, -0.1) is 6.58 Å². The maximum atomic E-state index is 13.0. The van der Waals surface area contributed by atoms with E-state index in [0.717, 1.165) is 28.7 Å². The first-order valence-electron chi connectivity index (χ1n) is 10.8. The van der Waals surface area contributed by atoms with Crippen molar-refractivity contribution in [1.29, 1.82) is 0 Å². The van der Waals surface area contributed by atoms with E-state index in [0.29, 0.717) is 18.1 Å². The van der Waals surface area contributed by atoms with E-state index in [2.05, 4.69) is 37.8 Å². The van der Waals surface area contributed by atoms with Gasteiger partial charge >= 0.3 is 6.61 Å². The Morgan fingerprint density at radius 1 is 1.10 bits per heavy atom. The van der Waals surface area contributed by atoms with Gasteiger partial charge in [-0.25, -0.2) is 0 Å². The van der Waals surface area contributed by atoms with Gasteiger partial charge < -0.3 is 4.74 Å². The molecule has 0 unspecified atom stereocenters. The molecule has 2 aromatic rings. The van der Waals surface area contributed by atoms with Gasteiger partial charge in [0.2, 0.25) is 0 Å². The van der Waals surface area contributed by atoms with Crippen LogP contribution in [0.4, 0.5) is 8.78 Å². The van der Waals surface area contributed by atoms with E-state index in [-0.39, 0.29) is 0 Å². The molecule has 0 N–H and O–H groups in total. The van der Waals surface area contributed by atoms with Crippen LogP contribution >= 0.6 is 0 Å². The van der Waals surface area contributed by atoms with Gasteiger partial charge in [-0.05, 0) is 86.6 Å². The second kappa shape index (κ2) is 10.6. The van der Waals surface area contributed by atoms with Crippen LogP contribution < -0.4 is 4.74 Å². The summed E-state index contributed by atoms with van der Waals surface area (Å²) >= 11 is 0. The zero-order valence-electron chi connectivity index (χ0n) is 17.4. The van der Waals surface area contributed by atoms with E-state index >= 15 is 0 Å². The lowest BCUT2D eigenvalue weighted by molar-refractivity contribution is -0.0493. The third-order valence-corrected chi connectivity index (χ3v) is 6.20. The van der Waals surface area contributed by atoms with Crippen LogP contribution in [-0.4, -0.2) is 6.61 Å². The Labute approximate surface area is 173 Å². The van der Waals surface area contributed by atoms with Crippen molar-refractivity contribution in [2.45, 2.75) is 70.8 Å². The first kappa shape index (κ1) is 21.5. The van der Waals surface area contributed by atoms with Crippen molar-refractivity contribution in [1.82, 2.24) is 0 Å². The Morgan fingerprint density at radius 2 is 1.90 bits per heavy atom. The van der Waals surface area contributed by atoms with Crippen molar-refractivity contribution in [3.05, 3.63) is 66.3 Å². The number of allylic oxidation sites excluding steroid dienone is 3. The maximum absolute atomic E-state index is 13.0. The quantitative estimate of drug-likeness (QED) is 0.387. The van der Waals surface area contributed by atoms with Crippen molar-refractivity contribution in [2.24, 2.45) is 5.92 Å². The highest BCUT2D eigenvalue weighted by Crippen LogP contribution is 2.40. The van der Waals surface area contributed by atoms with E-state index in [1.807, 2.05) is 18.2 Å². The van der Waals surface area contributed by atoms with Crippen LogP contribution in [0.15, 0.2) is 55.1 Å².